The van der Waals surface area contributed by atoms with E-state index in [2.05, 4.69) is 71.6 Å². The third-order valence-corrected chi connectivity index (χ3v) is 20.1. The molecule has 0 aromatic rings. The molecule has 22 heteroatoms. The minimum atomic E-state index is -10.7. The van der Waals surface area contributed by atoms with Gasteiger partial charge in [0.1, 0.15) is 0 Å². The molecule has 0 bridgehead atoms. The van der Waals surface area contributed by atoms with Gasteiger partial charge in [0.2, 0.25) is 13.3 Å². The molecule has 0 amide bonds. The Balaban J connectivity index is 0.000000478. The molecule has 0 unspecified atom stereocenters. The van der Waals surface area contributed by atoms with E-state index in [1.54, 1.807) is 134 Å². The first-order valence-electron chi connectivity index (χ1n) is 22.2. The van der Waals surface area contributed by atoms with Crippen LogP contribution in [0.5, 0.6) is 0 Å². The van der Waals surface area contributed by atoms with E-state index < -0.39 is 15.6 Å². The predicted octanol–water partition coefficient (Wildman–Crippen LogP) is 18.7. The third kappa shape index (κ3) is 31.9. The van der Waals surface area contributed by atoms with Gasteiger partial charge in [-0.1, -0.05) is 120 Å². The Hall–Kier alpha value is 1.04. The van der Waals surface area contributed by atoms with Crippen LogP contribution in [0.3, 0.4) is 0 Å². The standard InChI is InChI=1S/C25H46P2.C15H24N4.2Au.2F6P/c1-5-13-22(14-6-1)26(23-15-7-2-8-16-23)21-27(24-17-9-3-10-18-24)25-19-11-4-12-20-25;1-3-5-7-16-9-11-18(13-16)15-19-12-10-17(14-19)8-6-4-2;;;2*1-7(2,3,4,5)6/h22-25H,1-21H2;9-12H,3-8,15H2,1-2H3;;;;/q;;2*+1;2*-1. The number of rotatable bonds is 14. The Bertz CT molecular complexity index is 1140. The van der Waals surface area contributed by atoms with Gasteiger partial charge in [-0.3, -0.25) is 0 Å². The zero-order valence-corrected chi connectivity index (χ0v) is 44.0. The molecular weight excluding hydrogens is 1280 g/mol. The van der Waals surface area contributed by atoms with Gasteiger partial charge in [0.05, 0.1) is 6.67 Å². The molecule has 4 fully saturated rings. The molecule has 376 valence electrons. The first-order chi connectivity index (χ1) is 27.6. The van der Waals surface area contributed by atoms with Gasteiger partial charge in [-0.15, -0.1) is 0 Å². The second kappa shape index (κ2) is 25.6. The molecular formula is C40H70Au2F12N4P4. The number of halogens is 12. The van der Waals surface area contributed by atoms with Gasteiger partial charge >= 0.3 is 111 Å². The molecule has 2 heterocycles. The van der Waals surface area contributed by atoms with Crippen molar-refractivity contribution >= 4 is 31.5 Å². The molecule has 4 saturated carbocycles. The smallest absolute Gasteiger partial charge is 1.00 e. The zero-order valence-electron chi connectivity index (χ0n) is 36.1. The number of nitrogens with zero attached hydrogens (tertiary/aromatic N) is 4. The van der Waals surface area contributed by atoms with E-state index in [9.17, 15) is 50.4 Å². The van der Waals surface area contributed by atoms with Crippen LogP contribution in [-0.2, 0) is 44.8 Å². The summed E-state index contributed by atoms with van der Waals surface area (Å²) >= 11 is 0. The van der Waals surface area contributed by atoms with Gasteiger partial charge in [0.25, 0.3) is 0 Å². The van der Waals surface area contributed by atoms with Crippen molar-refractivity contribution in [1.82, 2.24) is 19.6 Å². The monoisotopic (exact) mass is 1350 g/mol. The Morgan fingerprint density at radius 1 is 0.419 bits per heavy atom. The van der Waals surface area contributed by atoms with Crippen molar-refractivity contribution in [3.63, 3.8) is 0 Å². The van der Waals surface area contributed by atoms with E-state index in [1.807, 2.05) is 0 Å². The van der Waals surface area contributed by atoms with E-state index in [4.69, 9.17) is 0 Å². The second-order valence-corrected chi connectivity index (χ2v) is 27.2. The fourth-order valence-electron chi connectivity index (χ4n) is 8.91. The maximum absolute atomic E-state index is 10.7. The van der Waals surface area contributed by atoms with Gasteiger partial charge in [-0.05, 0) is 92.7 Å². The molecule has 6 aliphatic rings. The molecule has 2 aliphatic heterocycles. The summed E-state index contributed by atoms with van der Waals surface area (Å²) in [5.41, 5.74) is 4.76. The van der Waals surface area contributed by atoms with Gasteiger partial charge in [-0.2, -0.15) is 0 Å². The maximum Gasteiger partial charge on any atom is 1.00 e. The van der Waals surface area contributed by atoms with Crippen LogP contribution in [0.25, 0.3) is 0 Å². The van der Waals surface area contributed by atoms with Crippen molar-refractivity contribution in [2.45, 2.75) is 191 Å². The average molecular weight is 1350 g/mol. The van der Waals surface area contributed by atoms with Gasteiger partial charge in [0, 0.05) is 37.9 Å². The normalized spacial score (nSPS) is 23.1. The summed E-state index contributed by atoms with van der Waals surface area (Å²) in [5.74, 6) is 1.79. The molecule has 0 atom stereocenters. The van der Waals surface area contributed by atoms with Crippen molar-refractivity contribution in [1.29, 1.82) is 0 Å². The zero-order chi connectivity index (χ0) is 44.6. The number of hydrogen-bond acceptors (Lipinski definition) is 4. The summed E-state index contributed by atoms with van der Waals surface area (Å²) < 4.78 is 118. The summed E-state index contributed by atoms with van der Waals surface area (Å²) in [6.45, 7) is 14.0. The fourth-order valence-corrected chi connectivity index (χ4v) is 19.4. The molecule has 0 aromatic carbocycles. The molecule has 4 aliphatic carbocycles. The van der Waals surface area contributed by atoms with E-state index in [0.29, 0.717) is 15.8 Å². The Morgan fingerprint density at radius 2 is 0.645 bits per heavy atom. The van der Waals surface area contributed by atoms with Crippen LogP contribution in [0.4, 0.5) is 50.4 Å². The molecule has 0 spiro atoms. The molecule has 0 saturated heterocycles. The molecule has 0 N–H and O–H groups in total. The third-order valence-electron chi connectivity index (χ3n) is 11.7. The summed E-state index contributed by atoms with van der Waals surface area (Å²) in [6, 6.07) is 0. The van der Waals surface area contributed by atoms with Crippen molar-refractivity contribution in [3.05, 3.63) is 38.1 Å². The minimum absolute atomic E-state index is 0. The minimum Gasteiger partial charge on any atom is 1.00 e. The van der Waals surface area contributed by atoms with Crippen LogP contribution < -0.4 is 0 Å². The Labute approximate surface area is 398 Å². The molecule has 4 nitrogen and oxygen atoms in total. The van der Waals surface area contributed by atoms with Crippen LogP contribution >= 0.6 is 31.5 Å². The van der Waals surface area contributed by atoms with Crippen LogP contribution in [0.15, 0.2) is 24.8 Å². The summed E-state index contributed by atoms with van der Waals surface area (Å²) in [4.78, 5) is 8.38. The molecule has 0 aromatic heterocycles. The molecule has 62 heavy (non-hydrogen) atoms. The first kappa shape index (κ1) is 61.1. The second-order valence-electron chi connectivity index (χ2n) is 17.2. The van der Waals surface area contributed by atoms with Crippen molar-refractivity contribution < 1.29 is 95.1 Å². The summed E-state index contributed by atoms with van der Waals surface area (Å²) in [7, 11) is -20.6. The number of unbranched alkanes of at least 4 members (excludes halogenated alkanes) is 2. The van der Waals surface area contributed by atoms with Gasteiger partial charge in [0.15, 0.2) is 0 Å². The van der Waals surface area contributed by atoms with Crippen LogP contribution in [0.2, 0.25) is 0 Å². The van der Waals surface area contributed by atoms with Crippen molar-refractivity contribution in [2.24, 2.45) is 0 Å². The van der Waals surface area contributed by atoms with Gasteiger partial charge < -0.3 is 19.6 Å². The quantitative estimate of drug-likeness (QED) is 0.0976. The van der Waals surface area contributed by atoms with Crippen molar-refractivity contribution in [3.8, 4) is 0 Å². The van der Waals surface area contributed by atoms with Crippen LogP contribution in [0.1, 0.15) is 168 Å². The van der Waals surface area contributed by atoms with E-state index in [-0.39, 0.29) is 44.8 Å². The van der Waals surface area contributed by atoms with E-state index in [0.717, 1.165) is 19.8 Å². The Kier molecular flexibility index (Phi) is 25.2. The molecule has 6 rings (SSSR count). The molecule has 4 radical (unpaired) electrons. The average Bonchev–Trinajstić information content (AvgIpc) is 3.82. The number of hydrogen-bond donors (Lipinski definition) is 0. The van der Waals surface area contributed by atoms with Crippen LogP contribution in [0, 0.1) is 13.3 Å². The SMILES string of the molecule is C1CCC(P(CP(C2CCCCC2)C2CCCCC2)C2CCCCC2)CC1.CCCCN1[C]N(CN2[C]N(CCCC)C=C2)C=C1.F[P-](F)(F)(F)(F)F.F[P-](F)(F)(F)(F)F.[Au+].[Au+]. The summed E-state index contributed by atoms with van der Waals surface area (Å²) in [5, 5.41) is 0. The first-order valence-corrected chi connectivity index (χ1v) is 29.6. The fraction of sp³-hybridized carbons (Fsp3) is 0.850. The predicted molar refractivity (Wildman–Crippen MR) is 230 cm³/mol. The van der Waals surface area contributed by atoms with Gasteiger partial charge in [-0.25, -0.2) is 0 Å². The van der Waals surface area contributed by atoms with E-state index in [1.165, 1.54) is 48.3 Å². The summed E-state index contributed by atoms with van der Waals surface area (Å²) in [6.07, 6.45) is 44.9. The largest absolute Gasteiger partial charge is 1.00 e. The maximum atomic E-state index is 9.87. The van der Waals surface area contributed by atoms with E-state index >= 15 is 0 Å². The van der Waals surface area contributed by atoms with Crippen LogP contribution in [-0.4, -0.2) is 67.9 Å². The topological polar surface area (TPSA) is 13.0 Å². The Morgan fingerprint density at radius 3 is 0.871 bits per heavy atom. The van der Waals surface area contributed by atoms with Crippen molar-refractivity contribution in [2.75, 3.05) is 25.7 Å².